The molecule has 1 unspecified atom stereocenters. The molecule has 4 rings (SSSR count). The van der Waals surface area contributed by atoms with Crippen molar-refractivity contribution in [3.63, 3.8) is 0 Å². The third-order valence-corrected chi connectivity index (χ3v) is 6.80. The van der Waals surface area contributed by atoms with E-state index < -0.39 is 18.1 Å². The van der Waals surface area contributed by atoms with E-state index in [2.05, 4.69) is 28.1 Å². The normalized spacial score (nSPS) is 22.9. The number of nitrogens with zero attached hydrogens (tertiary/aromatic N) is 1. The molecule has 0 radical (unpaired) electrons. The third-order valence-electron chi connectivity index (χ3n) is 6.80. The predicted octanol–water partition coefficient (Wildman–Crippen LogP) is 2.10. The van der Waals surface area contributed by atoms with Crippen LogP contribution in [0.2, 0.25) is 0 Å². The number of carbonyl (C=O) groups excluding carboxylic acids is 2. The highest BCUT2D eigenvalue weighted by molar-refractivity contribution is 5.83. The van der Waals surface area contributed by atoms with Gasteiger partial charge in [0.2, 0.25) is 5.91 Å². The molecule has 0 aromatic carbocycles. The molecule has 2 aliphatic carbocycles. The van der Waals surface area contributed by atoms with Gasteiger partial charge < -0.3 is 25.8 Å². The average Bonchev–Trinajstić information content (AvgIpc) is 2.71. The van der Waals surface area contributed by atoms with Gasteiger partial charge in [-0.1, -0.05) is 12.5 Å². The minimum atomic E-state index is -1.21. The standard InChI is InChI=1S/C23H32N4O5/c28-21(25-12-19(22(29)30)27-23(31)32-13-14-3-1-4-14)17-9-15(10-17)11-18-7-6-16-5-2-8-24-20(16)26-18/h6-7,14-15,17,19H,1-5,8-13H2,(H,24,26)(H,25,28)(H,27,31)(H,29,30). The SMILES string of the molecule is O=C(NC(CNC(=O)C1CC(Cc2ccc3c(n2)NCCC3)C1)C(=O)O)OCC1CCC1. The summed E-state index contributed by atoms with van der Waals surface area (Å²) in [6.07, 6.45) is 7.00. The maximum atomic E-state index is 12.4. The van der Waals surface area contributed by atoms with E-state index in [-0.39, 0.29) is 18.4 Å². The second kappa shape index (κ2) is 10.2. The average molecular weight is 445 g/mol. The van der Waals surface area contributed by atoms with Gasteiger partial charge in [-0.3, -0.25) is 4.79 Å². The van der Waals surface area contributed by atoms with E-state index >= 15 is 0 Å². The number of hydrogen-bond donors (Lipinski definition) is 4. The molecule has 0 saturated heterocycles. The van der Waals surface area contributed by atoms with Gasteiger partial charge in [-0.2, -0.15) is 0 Å². The quantitative estimate of drug-likeness (QED) is 0.459. The van der Waals surface area contributed by atoms with Crippen molar-refractivity contribution in [2.24, 2.45) is 17.8 Å². The second-order valence-corrected chi connectivity index (χ2v) is 9.25. The number of alkyl carbamates (subject to hydrolysis) is 1. The largest absolute Gasteiger partial charge is 0.480 e. The monoisotopic (exact) mass is 444 g/mol. The number of aryl methyl sites for hydroxylation is 1. The molecule has 174 valence electrons. The molecule has 1 aromatic rings. The van der Waals surface area contributed by atoms with Crippen molar-refractivity contribution >= 4 is 23.8 Å². The molecular weight excluding hydrogens is 412 g/mol. The van der Waals surface area contributed by atoms with E-state index in [0.717, 1.165) is 69.4 Å². The molecule has 9 heteroatoms. The number of carbonyl (C=O) groups is 3. The second-order valence-electron chi connectivity index (χ2n) is 9.25. The van der Waals surface area contributed by atoms with Gasteiger partial charge in [0.25, 0.3) is 0 Å². The number of amides is 2. The number of carboxylic acid groups (broad SMARTS) is 1. The summed E-state index contributed by atoms with van der Waals surface area (Å²) in [5.41, 5.74) is 2.30. The predicted molar refractivity (Wildman–Crippen MR) is 117 cm³/mol. The summed E-state index contributed by atoms with van der Waals surface area (Å²) in [5, 5.41) is 17.7. The van der Waals surface area contributed by atoms with Gasteiger partial charge in [-0.05, 0) is 68.4 Å². The Morgan fingerprint density at radius 2 is 2.00 bits per heavy atom. The molecular formula is C23H32N4O5. The van der Waals surface area contributed by atoms with Crippen LogP contribution in [0, 0.1) is 17.8 Å². The molecule has 3 aliphatic rings. The topological polar surface area (TPSA) is 130 Å². The minimum absolute atomic E-state index is 0.129. The summed E-state index contributed by atoms with van der Waals surface area (Å²) < 4.78 is 5.08. The Morgan fingerprint density at radius 3 is 2.72 bits per heavy atom. The molecule has 9 nitrogen and oxygen atoms in total. The molecule has 4 N–H and O–H groups in total. The first-order valence-electron chi connectivity index (χ1n) is 11.6. The summed E-state index contributed by atoms with van der Waals surface area (Å²) >= 11 is 0. The maximum Gasteiger partial charge on any atom is 0.407 e. The fourth-order valence-electron chi connectivity index (χ4n) is 4.48. The number of aromatic nitrogens is 1. The molecule has 32 heavy (non-hydrogen) atoms. The molecule has 2 fully saturated rings. The number of aliphatic carboxylic acids is 1. The van der Waals surface area contributed by atoms with E-state index in [1.165, 1.54) is 5.56 Å². The number of nitrogens with one attached hydrogen (secondary N) is 3. The number of carboxylic acids is 1. The van der Waals surface area contributed by atoms with Crippen LogP contribution in [-0.2, 0) is 27.2 Å². The van der Waals surface area contributed by atoms with Crippen LogP contribution >= 0.6 is 0 Å². The van der Waals surface area contributed by atoms with Crippen LogP contribution in [0.5, 0.6) is 0 Å². The zero-order chi connectivity index (χ0) is 22.5. The van der Waals surface area contributed by atoms with E-state index in [1.54, 1.807) is 0 Å². The number of hydrogen-bond acceptors (Lipinski definition) is 6. The Labute approximate surface area is 187 Å². The molecule has 2 heterocycles. The van der Waals surface area contributed by atoms with E-state index in [1.807, 2.05) is 0 Å². The lowest BCUT2D eigenvalue weighted by atomic mass is 9.72. The fraction of sp³-hybridized carbons (Fsp3) is 0.652. The molecule has 1 aromatic heterocycles. The lowest BCUT2D eigenvalue weighted by molar-refractivity contribution is -0.139. The highest BCUT2D eigenvalue weighted by atomic mass is 16.5. The Balaban J connectivity index is 1.16. The zero-order valence-electron chi connectivity index (χ0n) is 18.3. The smallest absolute Gasteiger partial charge is 0.407 e. The molecule has 1 aliphatic heterocycles. The maximum absolute atomic E-state index is 12.4. The van der Waals surface area contributed by atoms with Crippen LogP contribution in [0.25, 0.3) is 0 Å². The molecule has 2 amide bonds. The summed E-state index contributed by atoms with van der Waals surface area (Å²) in [7, 11) is 0. The van der Waals surface area contributed by atoms with Gasteiger partial charge in [0.1, 0.15) is 11.9 Å². The lowest BCUT2D eigenvalue weighted by Crippen LogP contribution is -2.50. The van der Waals surface area contributed by atoms with Gasteiger partial charge in [0, 0.05) is 24.7 Å². The van der Waals surface area contributed by atoms with Crippen molar-refractivity contribution < 1.29 is 24.2 Å². The van der Waals surface area contributed by atoms with Crippen LogP contribution in [0.1, 0.15) is 49.8 Å². The van der Waals surface area contributed by atoms with Crippen molar-refractivity contribution in [3.8, 4) is 0 Å². The molecule has 0 bridgehead atoms. The summed E-state index contributed by atoms with van der Waals surface area (Å²) in [6, 6.07) is 3.01. The Bertz CT molecular complexity index is 851. The number of ether oxygens (including phenoxy) is 1. The van der Waals surface area contributed by atoms with Crippen LogP contribution < -0.4 is 16.0 Å². The highest BCUT2D eigenvalue weighted by Gasteiger charge is 2.35. The van der Waals surface area contributed by atoms with Gasteiger partial charge in [-0.25, -0.2) is 14.6 Å². The number of pyridine rings is 1. The van der Waals surface area contributed by atoms with Crippen molar-refractivity contribution in [1.82, 2.24) is 15.6 Å². The zero-order valence-corrected chi connectivity index (χ0v) is 18.3. The fourth-order valence-corrected chi connectivity index (χ4v) is 4.48. The minimum Gasteiger partial charge on any atom is -0.480 e. The number of anilines is 1. The Morgan fingerprint density at radius 1 is 1.19 bits per heavy atom. The van der Waals surface area contributed by atoms with E-state index in [4.69, 9.17) is 9.72 Å². The van der Waals surface area contributed by atoms with E-state index in [9.17, 15) is 19.5 Å². The first-order valence-corrected chi connectivity index (χ1v) is 11.6. The number of fused-ring (bicyclic) bond motifs is 1. The first kappa shape index (κ1) is 22.4. The number of rotatable bonds is 9. The van der Waals surface area contributed by atoms with Crippen molar-refractivity contribution in [2.75, 3.05) is 25.0 Å². The molecule has 0 spiro atoms. The van der Waals surface area contributed by atoms with Crippen molar-refractivity contribution in [1.29, 1.82) is 0 Å². The van der Waals surface area contributed by atoms with Crippen LogP contribution in [-0.4, -0.2) is 53.8 Å². The van der Waals surface area contributed by atoms with Crippen LogP contribution in [0.4, 0.5) is 10.6 Å². The van der Waals surface area contributed by atoms with Gasteiger partial charge >= 0.3 is 12.1 Å². The van der Waals surface area contributed by atoms with Gasteiger partial charge in [-0.15, -0.1) is 0 Å². The summed E-state index contributed by atoms with van der Waals surface area (Å²) in [4.78, 5) is 40.4. The van der Waals surface area contributed by atoms with Crippen molar-refractivity contribution in [2.45, 2.75) is 57.4 Å². The summed E-state index contributed by atoms with van der Waals surface area (Å²) in [5.74, 6) is 0.260. The van der Waals surface area contributed by atoms with Gasteiger partial charge in [0.15, 0.2) is 0 Å². The molecule has 1 atom stereocenters. The Kier molecular flexibility index (Phi) is 7.12. The van der Waals surface area contributed by atoms with Crippen LogP contribution in [0.3, 0.4) is 0 Å². The van der Waals surface area contributed by atoms with Crippen molar-refractivity contribution in [3.05, 3.63) is 23.4 Å². The highest BCUT2D eigenvalue weighted by Crippen LogP contribution is 2.36. The Hall–Kier alpha value is -2.84. The third kappa shape index (κ3) is 5.69. The lowest BCUT2D eigenvalue weighted by Gasteiger charge is -2.34. The van der Waals surface area contributed by atoms with Gasteiger partial charge in [0.05, 0.1) is 6.61 Å². The van der Waals surface area contributed by atoms with E-state index in [0.29, 0.717) is 18.4 Å². The van der Waals surface area contributed by atoms with Crippen LogP contribution in [0.15, 0.2) is 12.1 Å². The molecule has 2 saturated carbocycles. The summed E-state index contributed by atoms with van der Waals surface area (Å²) in [6.45, 7) is 1.11. The first-order chi connectivity index (χ1) is 15.5.